The van der Waals surface area contributed by atoms with E-state index in [1.165, 1.54) is 7.11 Å². The van der Waals surface area contributed by atoms with Gasteiger partial charge in [-0.3, -0.25) is 9.63 Å². The van der Waals surface area contributed by atoms with Gasteiger partial charge in [0.05, 0.1) is 7.11 Å². The van der Waals surface area contributed by atoms with E-state index < -0.39 is 0 Å². The highest BCUT2D eigenvalue weighted by Crippen LogP contribution is 1.93. The van der Waals surface area contributed by atoms with Gasteiger partial charge in [-0.15, -0.1) is 12.3 Å². The molecule has 0 aliphatic carbocycles. The van der Waals surface area contributed by atoms with Crippen LogP contribution in [0.1, 0.15) is 12.8 Å². The van der Waals surface area contributed by atoms with Gasteiger partial charge in [0.25, 0.3) is 0 Å². The molecule has 1 amide bonds. The second-order valence-corrected chi connectivity index (χ2v) is 1.78. The van der Waals surface area contributed by atoms with E-state index >= 15 is 0 Å². The summed E-state index contributed by atoms with van der Waals surface area (Å²) in [7, 11) is 2.99. The van der Waals surface area contributed by atoms with E-state index in [2.05, 4.69) is 10.8 Å². The Bertz CT molecular complexity index is 148. The molecule has 0 saturated carbocycles. The molecule has 0 atom stereocenters. The van der Waals surface area contributed by atoms with Crippen LogP contribution in [0.5, 0.6) is 0 Å². The summed E-state index contributed by atoms with van der Waals surface area (Å²) < 4.78 is 0. The second-order valence-electron chi connectivity index (χ2n) is 1.78. The minimum Gasteiger partial charge on any atom is -0.275 e. The van der Waals surface area contributed by atoms with E-state index in [0.717, 1.165) is 5.06 Å². The molecule has 0 aromatic rings. The predicted molar refractivity (Wildman–Crippen MR) is 37.8 cm³/mol. The highest BCUT2D eigenvalue weighted by atomic mass is 16.7. The van der Waals surface area contributed by atoms with Crippen molar-refractivity contribution in [3.63, 3.8) is 0 Å². The summed E-state index contributed by atoms with van der Waals surface area (Å²) in [5.41, 5.74) is 0. The Morgan fingerprint density at radius 1 is 1.80 bits per heavy atom. The van der Waals surface area contributed by atoms with Crippen molar-refractivity contribution < 1.29 is 9.63 Å². The van der Waals surface area contributed by atoms with Crippen molar-refractivity contribution in [1.82, 2.24) is 5.06 Å². The third-order valence-electron chi connectivity index (χ3n) is 1.11. The van der Waals surface area contributed by atoms with Crippen LogP contribution in [0.25, 0.3) is 0 Å². The summed E-state index contributed by atoms with van der Waals surface area (Å²) in [4.78, 5) is 15.5. The van der Waals surface area contributed by atoms with Crippen LogP contribution in [0.4, 0.5) is 0 Å². The zero-order valence-electron chi connectivity index (χ0n) is 6.26. The van der Waals surface area contributed by atoms with Crippen LogP contribution in [0.15, 0.2) is 0 Å². The molecule has 0 heterocycles. The van der Waals surface area contributed by atoms with Gasteiger partial charge in [0.2, 0.25) is 5.91 Å². The van der Waals surface area contributed by atoms with Crippen LogP contribution < -0.4 is 0 Å². The number of hydroxylamine groups is 2. The number of hydrogen-bond acceptors (Lipinski definition) is 2. The molecular formula is C7H11NO2. The molecule has 10 heavy (non-hydrogen) atoms. The van der Waals surface area contributed by atoms with Crippen molar-refractivity contribution in [2.75, 3.05) is 14.2 Å². The first kappa shape index (κ1) is 8.99. The fourth-order valence-electron chi connectivity index (χ4n) is 0.438. The van der Waals surface area contributed by atoms with Crippen LogP contribution in [-0.2, 0) is 9.63 Å². The minimum absolute atomic E-state index is 0.0968. The van der Waals surface area contributed by atoms with E-state index in [1.54, 1.807) is 7.05 Å². The molecule has 0 aromatic carbocycles. The average molecular weight is 141 g/mol. The first-order chi connectivity index (χ1) is 4.72. The highest BCUT2D eigenvalue weighted by molar-refractivity contribution is 5.74. The van der Waals surface area contributed by atoms with E-state index in [1.807, 2.05) is 0 Å². The monoisotopic (exact) mass is 141 g/mol. The average Bonchev–Trinajstić information content (AvgIpc) is 1.98. The Morgan fingerprint density at radius 3 is 2.80 bits per heavy atom. The van der Waals surface area contributed by atoms with Crippen LogP contribution in [0.3, 0.4) is 0 Å². The maximum absolute atomic E-state index is 10.8. The fourth-order valence-corrected chi connectivity index (χ4v) is 0.438. The van der Waals surface area contributed by atoms with Crippen molar-refractivity contribution in [3.8, 4) is 12.3 Å². The molecule has 0 aliphatic rings. The lowest BCUT2D eigenvalue weighted by atomic mass is 10.3. The van der Waals surface area contributed by atoms with Gasteiger partial charge < -0.3 is 0 Å². The predicted octanol–water partition coefficient (Wildman–Crippen LogP) is 0.420. The third-order valence-corrected chi connectivity index (χ3v) is 1.11. The first-order valence-electron chi connectivity index (χ1n) is 2.96. The molecule has 0 bridgehead atoms. The molecule has 3 nitrogen and oxygen atoms in total. The lowest BCUT2D eigenvalue weighted by molar-refractivity contribution is -0.168. The topological polar surface area (TPSA) is 29.5 Å². The van der Waals surface area contributed by atoms with E-state index in [0.29, 0.717) is 12.8 Å². The summed E-state index contributed by atoms with van der Waals surface area (Å²) in [6.07, 6.45) is 5.77. The van der Waals surface area contributed by atoms with Gasteiger partial charge in [-0.2, -0.15) is 0 Å². The number of terminal acetylenes is 1. The standard InChI is InChI=1S/C7H11NO2/c1-4-5-6-7(9)8(2)10-3/h1H,5-6H2,2-3H3. The van der Waals surface area contributed by atoms with E-state index in [9.17, 15) is 4.79 Å². The summed E-state index contributed by atoms with van der Waals surface area (Å²) in [5.74, 6) is 2.28. The van der Waals surface area contributed by atoms with Gasteiger partial charge in [0.15, 0.2) is 0 Å². The molecule has 0 saturated heterocycles. The molecule has 0 spiro atoms. The molecule has 0 unspecified atom stereocenters. The van der Waals surface area contributed by atoms with Gasteiger partial charge in [-0.05, 0) is 0 Å². The van der Waals surface area contributed by atoms with Crippen molar-refractivity contribution in [2.24, 2.45) is 0 Å². The maximum atomic E-state index is 10.8. The fraction of sp³-hybridized carbons (Fsp3) is 0.571. The molecule has 3 heteroatoms. The summed E-state index contributed by atoms with van der Waals surface area (Å²) in [6, 6.07) is 0. The number of amides is 1. The zero-order chi connectivity index (χ0) is 7.98. The number of carbonyl (C=O) groups excluding carboxylic acids is 1. The molecule has 0 N–H and O–H groups in total. The Balaban J connectivity index is 3.54. The van der Waals surface area contributed by atoms with Gasteiger partial charge in [-0.1, -0.05) is 0 Å². The molecule has 56 valence electrons. The smallest absolute Gasteiger partial charge is 0.246 e. The lowest BCUT2D eigenvalue weighted by Gasteiger charge is -2.11. The van der Waals surface area contributed by atoms with E-state index in [-0.39, 0.29) is 5.91 Å². The number of rotatable bonds is 3. The van der Waals surface area contributed by atoms with Crippen molar-refractivity contribution in [1.29, 1.82) is 0 Å². The van der Waals surface area contributed by atoms with Gasteiger partial charge in [0.1, 0.15) is 0 Å². The summed E-state index contributed by atoms with van der Waals surface area (Å²) >= 11 is 0. The Kier molecular flexibility index (Phi) is 4.34. The number of nitrogens with zero attached hydrogens (tertiary/aromatic N) is 1. The number of carbonyl (C=O) groups is 1. The molecule has 0 rings (SSSR count). The Morgan fingerprint density at radius 2 is 2.40 bits per heavy atom. The van der Waals surface area contributed by atoms with Crippen molar-refractivity contribution >= 4 is 5.91 Å². The van der Waals surface area contributed by atoms with Gasteiger partial charge in [0, 0.05) is 19.9 Å². The van der Waals surface area contributed by atoms with Crippen molar-refractivity contribution in [3.05, 3.63) is 0 Å². The quantitative estimate of drug-likeness (QED) is 0.421. The maximum Gasteiger partial charge on any atom is 0.246 e. The SMILES string of the molecule is C#CCCC(=O)N(C)OC. The Hall–Kier alpha value is -1.01. The molecule has 0 aliphatic heterocycles. The normalized spacial score (nSPS) is 8.50. The molecule has 0 fully saturated rings. The van der Waals surface area contributed by atoms with Crippen LogP contribution in [0, 0.1) is 12.3 Å². The molecular weight excluding hydrogens is 130 g/mol. The number of hydrogen-bond donors (Lipinski definition) is 0. The lowest BCUT2D eigenvalue weighted by Crippen LogP contribution is -2.24. The van der Waals surface area contributed by atoms with Gasteiger partial charge >= 0.3 is 0 Å². The van der Waals surface area contributed by atoms with Crippen LogP contribution in [0.2, 0.25) is 0 Å². The third kappa shape index (κ3) is 3.10. The molecule has 0 aromatic heterocycles. The summed E-state index contributed by atoms with van der Waals surface area (Å²) in [5, 5.41) is 1.16. The van der Waals surface area contributed by atoms with Crippen molar-refractivity contribution in [2.45, 2.75) is 12.8 Å². The van der Waals surface area contributed by atoms with Gasteiger partial charge in [-0.25, -0.2) is 5.06 Å². The van der Waals surface area contributed by atoms with E-state index in [4.69, 9.17) is 6.42 Å². The minimum atomic E-state index is -0.0968. The first-order valence-corrected chi connectivity index (χ1v) is 2.96. The largest absolute Gasteiger partial charge is 0.275 e. The Labute approximate surface area is 60.9 Å². The highest BCUT2D eigenvalue weighted by Gasteiger charge is 2.04. The zero-order valence-corrected chi connectivity index (χ0v) is 6.26. The second kappa shape index (κ2) is 4.83. The van der Waals surface area contributed by atoms with Crippen LogP contribution >= 0.6 is 0 Å². The van der Waals surface area contributed by atoms with Crippen LogP contribution in [-0.4, -0.2) is 25.1 Å². The molecule has 0 radical (unpaired) electrons. The summed E-state index contributed by atoms with van der Waals surface area (Å²) in [6.45, 7) is 0.